The van der Waals surface area contributed by atoms with Gasteiger partial charge in [0.2, 0.25) is 0 Å². The Hall–Kier alpha value is -3.32. The minimum absolute atomic E-state index is 0.192. The van der Waals surface area contributed by atoms with Gasteiger partial charge in [-0.2, -0.15) is 4.98 Å². The topological polar surface area (TPSA) is 44.1 Å². The summed E-state index contributed by atoms with van der Waals surface area (Å²) in [6, 6.07) is 14.0. The SMILES string of the molecule is C#CCOc1ccc2c(c1)c(-c1ccc(C(C)C)cc1)nc(=O)n2C[C@@H](C)CC=CC. The molecule has 0 amide bonds. The number of aromatic nitrogens is 2. The number of allylic oxidation sites excluding steroid dienone is 2. The Bertz CT molecular complexity index is 1160. The fourth-order valence-corrected chi connectivity index (χ4v) is 3.65. The van der Waals surface area contributed by atoms with Gasteiger partial charge in [-0.1, -0.05) is 63.1 Å². The molecule has 160 valence electrons. The zero-order chi connectivity index (χ0) is 22.4. The van der Waals surface area contributed by atoms with Gasteiger partial charge in [-0.15, -0.1) is 6.42 Å². The molecule has 0 bridgehead atoms. The van der Waals surface area contributed by atoms with Gasteiger partial charge in [-0.05, 0) is 48.9 Å². The Morgan fingerprint density at radius 2 is 1.90 bits per heavy atom. The summed E-state index contributed by atoms with van der Waals surface area (Å²) in [4.78, 5) is 17.5. The summed E-state index contributed by atoms with van der Waals surface area (Å²) in [7, 11) is 0. The van der Waals surface area contributed by atoms with Crippen LogP contribution in [0.4, 0.5) is 0 Å². The molecule has 0 aliphatic rings. The number of ether oxygens (including phenoxy) is 1. The van der Waals surface area contributed by atoms with Crippen molar-refractivity contribution in [3.05, 3.63) is 70.7 Å². The van der Waals surface area contributed by atoms with Crippen molar-refractivity contribution < 1.29 is 4.74 Å². The van der Waals surface area contributed by atoms with Crippen LogP contribution in [0.5, 0.6) is 5.75 Å². The lowest BCUT2D eigenvalue weighted by Crippen LogP contribution is -2.26. The van der Waals surface area contributed by atoms with E-state index < -0.39 is 0 Å². The molecule has 31 heavy (non-hydrogen) atoms. The highest BCUT2D eigenvalue weighted by Crippen LogP contribution is 2.30. The third-order valence-corrected chi connectivity index (χ3v) is 5.39. The van der Waals surface area contributed by atoms with E-state index in [9.17, 15) is 4.79 Å². The number of terminal acetylenes is 1. The van der Waals surface area contributed by atoms with E-state index in [1.807, 2.05) is 43.3 Å². The molecule has 4 heteroatoms. The van der Waals surface area contributed by atoms with Crippen LogP contribution in [0.25, 0.3) is 22.2 Å². The van der Waals surface area contributed by atoms with Gasteiger partial charge in [-0.25, -0.2) is 4.79 Å². The lowest BCUT2D eigenvalue weighted by molar-refractivity contribution is 0.371. The van der Waals surface area contributed by atoms with Gasteiger partial charge >= 0.3 is 5.69 Å². The smallest absolute Gasteiger partial charge is 0.348 e. The molecular formula is C27H30N2O2. The second-order valence-corrected chi connectivity index (χ2v) is 8.21. The van der Waals surface area contributed by atoms with Crippen LogP contribution in [0.3, 0.4) is 0 Å². The quantitative estimate of drug-likeness (QED) is 0.346. The summed E-state index contributed by atoms with van der Waals surface area (Å²) in [5, 5.41) is 0.879. The van der Waals surface area contributed by atoms with Crippen molar-refractivity contribution in [2.45, 2.75) is 46.6 Å². The molecule has 0 aliphatic carbocycles. The number of benzene rings is 2. The highest BCUT2D eigenvalue weighted by molar-refractivity contribution is 5.93. The zero-order valence-electron chi connectivity index (χ0n) is 18.8. The summed E-state index contributed by atoms with van der Waals surface area (Å²) in [6.45, 7) is 9.26. The van der Waals surface area contributed by atoms with Crippen molar-refractivity contribution in [1.82, 2.24) is 9.55 Å². The van der Waals surface area contributed by atoms with E-state index in [1.165, 1.54) is 5.56 Å². The number of hydrogen-bond acceptors (Lipinski definition) is 3. The van der Waals surface area contributed by atoms with Crippen molar-refractivity contribution in [3.8, 4) is 29.4 Å². The molecule has 1 aromatic heterocycles. The summed E-state index contributed by atoms with van der Waals surface area (Å²) in [6.07, 6.45) is 10.4. The van der Waals surface area contributed by atoms with Crippen molar-refractivity contribution in [2.24, 2.45) is 5.92 Å². The molecular weight excluding hydrogens is 384 g/mol. The average Bonchev–Trinajstić information content (AvgIpc) is 2.77. The molecule has 0 N–H and O–H groups in total. The Balaban J connectivity index is 2.15. The normalized spacial score (nSPS) is 12.4. The highest BCUT2D eigenvalue weighted by Gasteiger charge is 2.15. The molecule has 3 rings (SSSR count). The fraction of sp³-hybridized carbons (Fsp3) is 0.333. The maximum atomic E-state index is 13.0. The summed E-state index contributed by atoms with van der Waals surface area (Å²) in [5.74, 6) is 3.91. The van der Waals surface area contributed by atoms with Crippen LogP contribution in [-0.4, -0.2) is 16.2 Å². The van der Waals surface area contributed by atoms with Crippen LogP contribution in [-0.2, 0) is 6.54 Å². The first-order valence-electron chi connectivity index (χ1n) is 10.8. The second kappa shape index (κ2) is 10.1. The van der Waals surface area contributed by atoms with Gasteiger partial charge in [0, 0.05) is 17.5 Å². The van der Waals surface area contributed by atoms with Gasteiger partial charge in [0.25, 0.3) is 0 Å². The molecule has 0 aliphatic heterocycles. The molecule has 0 fully saturated rings. The monoisotopic (exact) mass is 414 g/mol. The van der Waals surface area contributed by atoms with Crippen LogP contribution < -0.4 is 10.4 Å². The van der Waals surface area contributed by atoms with E-state index >= 15 is 0 Å². The predicted molar refractivity (Wildman–Crippen MR) is 128 cm³/mol. The zero-order valence-corrected chi connectivity index (χ0v) is 18.8. The van der Waals surface area contributed by atoms with Crippen molar-refractivity contribution in [2.75, 3.05) is 6.61 Å². The first-order chi connectivity index (χ1) is 14.9. The Kier molecular flexibility index (Phi) is 7.31. The van der Waals surface area contributed by atoms with Crippen LogP contribution >= 0.6 is 0 Å². The van der Waals surface area contributed by atoms with Crippen molar-refractivity contribution in [3.63, 3.8) is 0 Å². The number of hydrogen-bond donors (Lipinski definition) is 0. The first-order valence-corrected chi connectivity index (χ1v) is 10.8. The summed E-state index contributed by atoms with van der Waals surface area (Å²) in [5.41, 5.74) is 3.44. The molecule has 3 aromatic rings. The minimum Gasteiger partial charge on any atom is -0.481 e. The van der Waals surface area contributed by atoms with E-state index in [0.717, 1.165) is 22.9 Å². The Morgan fingerprint density at radius 1 is 1.16 bits per heavy atom. The largest absolute Gasteiger partial charge is 0.481 e. The maximum Gasteiger partial charge on any atom is 0.348 e. The van der Waals surface area contributed by atoms with Crippen LogP contribution in [0, 0.1) is 18.3 Å². The number of fused-ring (bicyclic) bond motifs is 1. The van der Waals surface area contributed by atoms with Crippen LogP contribution in [0.1, 0.15) is 45.6 Å². The summed E-state index contributed by atoms with van der Waals surface area (Å²) < 4.78 is 7.41. The summed E-state index contributed by atoms with van der Waals surface area (Å²) >= 11 is 0. The molecule has 1 heterocycles. The average molecular weight is 415 g/mol. The third kappa shape index (κ3) is 5.24. The number of nitrogens with zero attached hydrogens (tertiary/aromatic N) is 2. The van der Waals surface area contributed by atoms with Gasteiger partial charge in [0.05, 0.1) is 11.2 Å². The predicted octanol–water partition coefficient (Wildman–Crippen LogP) is 5.80. The fourth-order valence-electron chi connectivity index (χ4n) is 3.65. The highest BCUT2D eigenvalue weighted by atomic mass is 16.5. The van der Waals surface area contributed by atoms with Gasteiger partial charge in [0.1, 0.15) is 12.4 Å². The van der Waals surface area contributed by atoms with Crippen LogP contribution in [0.2, 0.25) is 0 Å². The van der Waals surface area contributed by atoms with Crippen molar-refractivity contribution >= 4 is 10.9 Å². The molecule has 0 spiro atoms. The van der Waals surface area contributed by atoms with Gasteiger partial charge in [0.15, 0.2) is 0 Å². The molecule has 0 saturated heterocycles. The molecule has 0 unspecified atom stereocenters. The third-order valence-electron chi connectivity index (χ3n) is 5.39. The molecule has 2 aromatic carbocycles. The van der Waals surface area contributed by atoms with E-state index in [-0.39, 0.29) is 12.3 Å². The van der Waals surface area contributed by atoms with Crippen LogP contribution in [0.15, 0.2) is 59.4 Å². The second-order valence-electron chi connectivity index (χ2n) is 8.21. The van der Waals surface area contributed by atoms with Crippen molar-refractivity contribution in [1.29, 1.82) is 0 Å². The molecule has 1 atom stereocenters. The lowest BCUT2D eigenvalue weighted by atomic mass is 9.99. The Labute approximate surface area is 184 Å². The molecule has 0 saturated carbocycles. The lowest BCUT2D eigenvalue weighted by Gasteiger charge is -2.17. The van der Waals surface area contributed by atoms with Gasteiger partial charge < -0.3 is 4.74 Å². The van der Waals surface area contributed by atoms with E-state index in [1.54, 1.807) is 4.57 Å². The minimum atomic E-state index is -0.236. The van der Waals surface area contributed by atoms with E-state index in [2.05, 4.69) is 49.9 Å². The van der Waals surface area contributed by atoms with Gasteiger partial charge in [-0.3, -0.25) is 4.57 Å². The Morgan fingerprint density at radius 3 is 2.55 bits per heavy atom. The van der Waals surface area contributed by atoms with E-state index in [4.69, 9.17) is 11.2 Å². The standard InChI is InChI=1S/C27H30N2O2/c1-6-8-9-20(5)18-29-25-15-14-23(31-16-7-2)17-24(25)26(28-27(29)30)22-12-10-21(11-13-22)19(3)4/h2,6,8,10-15,17,19-20H,9,16,18H2,1,3-5H3/t20-/m0/s1. The number of rotatable bonds is 8. The first kappa shape index (κ1) is 22.4. The van der Waals surface area contributed by atoms with E-state index in [0.29, 0.717) is 29.8 Å². The maximum absolute atomic E-state index is 13.0. The molecule has 0 radical (unpaired) electrons. The molecule has 4 nitrogen and oxygen atoms in total.